The highest BCUT2D eigenvalue weighted by Gasteiger charge is 2.37. The lowest BCUT2D eigenvalue weighted by Crippen LogP contribution is -2.20. The molecule has 1 atom stereocenters. The van der Waals surface area contributed by atoms with E-state index in [-0.39, 0.29) is 11.2 Å². The second kappa shape index (κ2) is 5.13. The summed E-state index contributed by atoms with van der Waals surface area (Å²) in [4.78, 5) is 12.9. The molecule has 0 heterocycles. The number of rotatable bonds is 4. The number of ether oxygens (including phenoxy) is 1. The Labute approximate surface area is 107 Å². The van der Waals surface area contributed by atoms with Gasteiger partial charge < -0.3 is 4.74 Å². The van der Waals surface area contributed by atoms with Crippen LogP contribution in [-0.2, 0) is 9.53 Å². The average Bonchev–Trinajstić information content (AvgIpc) is 3.11. The van der Waals surface area contributed by atoms with Gasteiger partial charge in [-0.25, -0.2) is 0 Å². The Bertz CT molecular complexity index is 424. The average molecular weight is 250 g/mol. The van der Waals surface area contributed by atoms with Gasteiger partial charge in [-0.15, -0.1) is 11.8 Å². The Hall–Kier alpha value is -0.960. The summed E-state index contributed by atoms with van der Waals surface area (Å²) < 4.78 is 4.89. The van der Waals surface area contributed by atoms with Crippen molar-refractivity contribution in [3.05, 3.63) is 29.3 Å². The highest BCUT2D eigenvalue weighted by atomic mass is 32.2. The predicted octanol–water partition coefficient (Wildman–Crippen LogP) is 3.35. The highest BCUT2D eigenvalue weighted by molar-refractivity contribution is 8.00. The van der Waals surface area contributed by atoms with Crippen LogP contribution < -0.4 is 0 Å². The fourth-order valence-electron chi connectivity index (χ4n) is 1.92. The molecule has 0 bridgehead atoms. The van der Waals surface area contributed by atoms with Crippen LogP contribution in [0.4, 0.5) is 0 Å². The molecule has 0 N–H and O–H groups in total. The maximum absolute atomic E-state index is 11.7. The Balaban J connectivity index is 2.14. The molecule has 92 valence electrons. The molecule has 1 saturated carbocycles. The Kier molecular flexibility index (Phi) is 3.77. The molecule has 1 aliphatic rings. The van der Waals surface area contributed by atoms with Crippen LogP contribution in [0.2, 0.25) is 0 Å². The van der Waals surface area contributed by atoms with Gasteiger partial charge in [0.25, 0.3) is 0 Å². The number of thioether (sulfide) groups is 1. The highest BCUT2D eigenvalue weighted by Crippen LogP contribution is 2.43. The first-order chi connectivity index (χ1) is 8.11. The van der Waals surface area contributed by atoms with Crippen LogP contribution in [0.3, 0.4) is 0 Å². The summed E-state index contributed by atoms with van der Waals surface area (Å²) in [5.41, 5.74) is 2.50. The molecule has 0 saturated heterocycles. The van der Waals surface area contributed by atoms with Crippen molar-refractivity contribution in [2.75, 3.05) is 7.11 Å². The van der Waals surface area contributed by atoms with Crippen molar-refractivity contribution in [2.24, 2.45) is 5.92 Å². The summed E-state index contributed by atoms with van der Waals surface area (Å²) in [5.74, 6) is 0.422. The van der Waals surface area contributed by atoms with Crippen molar-refractivity contribution in [3.8, 4) is 0 Å². The molecule has 2 rings (SSSR count). The zero-order valence-corrected chi connectivity index (χ0v) is 11.3. The summed E-state index contributed by atoms with van der Waals surface area (Å²) in [7, 11) is 1.47. The van der Waals surface area contributed by atoms with Gasteiger partial charge in [-0.05, 0) is 44.2 Å². The third kappa shape index (κ3) is 3.03. The molecule has 0 spiro atoms. The van der Waals surface area contributed by atoms with Crippen LogP contribution in [-0.4, -0.2) is 18.3 Å². The lowest BCUT2D eigenvalue weighted by Gasteiger charge is -2.15. The molecule has 1 aromatic carbocycles. The van der Waals surface area contributed by atoms with Gasteiger partial charge in [0.05, 0.1) is 7.11 Å². The van der Waals surface area contributed by atoms with E-state index in [2.05, 4.69) is 32.0 Å². The molecule has 0 radical (unpaired) electrons. The first kappa shape index (κ1) is 12.5. The molecule has 2 nitrogen and oxygen atoms in total. The van der Waals surface area contributed by atoms with Crippen molar-refractivity contribution < 1.29 is 9.53 Å². The molecule has 0 amide bonds. The second-order valence-corrected chi connectivity index (χ2v) is 5.85. The largest absolute Gasteiger partial charge is 0.468 e. The maximum Gasteiger partial charge on any atom is 0.319 e. The normalized spacial score (nSPS) is 16.6. The van der Waals surface area contributed by atoms with E-state index in [9.17, 15) is 4.79 Å². The number of hydrogen-bond acceptors (Lipinski definition) is 3. The second-order valence-electron chi connectivity index (χ2n) is 4.67. The zero-order chi connectivity index (χ0) is 12.4. The van der Waals surface area contributed by atoms with Gasteiger partial charge >= 0.3 is 5.97 Å². The summed E-state index contributed by atoms with van der Waals surface area (Å²) in [6, 6.07) is 6.35. The number of methoxy groups -OCH3 is 1. The molecule has 3 heteroatoms. The Morgan fingerprint density at radius 2 is 2.12 bits per heavy atom. The summed E-state index contributed by atoms with van der Waals surface area (Å²) in [5, 5.41) is -0.0265. The smallest absolute Gasteiger partial charge is 0.319 e. The minimum absolute atomic E-state index is 0.0265. The fourth-order valence-corrected chi connectivity index (χ4v) is 3.24. The quantitative estimate of drug-likeness (QED) is 0.605. The van der Waals surface area contributed by atoms with Crippen LogP contribution in [0.15, 0.2) is 23.1 Å². The zero-order valence-electron chi connectivity index (χ0n) is 10.5. The molecule has 1 fully saturated rings. The molecule has 0 aromatic heterocycles. The van der Waals surface area contributed by atoms with Gasteiger partial charge in [0, 0.05) is 4.90 Å². The van der Waals surface area contributed by atoms with Crippen molar-refractivity contribution >= 4 is 17.7 Å². The molecular weight excluding hydrogens is 232 g/mol. The number of carbonyl (C=O) groups is 1. The van der Waals surface area contributed by atoms with E-state index in [1.807, 2.05) is 0 Å². The molecule has 17 heavy (non-hydrogen) atoms. The molecular formula is C14H18O2S. The van der Waals surface area contributed by atoms with Gasteiger partial charge in [-0.1, -0.05) is 17.7 Å². The van der Waals surface area contributed by atoms with Crippen molar-refractivity contribution in [3.63, 3.8) is 0 Å². The number of benzene rings is 1. The van der Waals surface area contributed by atoms with E-state index >= 15 is 0 Å². The first-order valence-electron chi connectivity index (χ1n) is 5.93. The van der Waals surface area contributed by atoms with E-state index in [0.29, 0.717) is 5.92 Å². The van der Waals surface area contributed by atoms with E-state index in [4.69, 9.17) is 4.74 Å². The Morgan fingerprint density at radius 3 is 2.65 bits per heavy atom. The molecule has 1 aliphatic carbocycles. The van der Waals surface area contributed by atoms with Gasteiger partial charge in [-0.2, -0.15) is 0 Å². The van der Waals surface area contributed by atoms with Crippen LogP contribution >= 0.6 is 11.8 Å². The van der Waals surface area contributed by atoms with E-state index in [0.717, 1.165) is 12.8 Å². The predicted molar refractivity (Wildman–Crippen MR) is 70.3 cm³/mol. The van der Waals surface area contributed by atoms with E-state index in [1.54, 1.807) is 11.8 Å². The minimum Gasteiger partial charge on any atom is -0.468 e. The summed E-state index contributed by atoms with van der Waals surface area (Å²) in [6.45, 7) is 4.18. The number of esters is 1. The topological polar surface area (TPSA) is 26.3 Å². The minimum atomic E-state index is -0.0857. The Morgan fingerprint density at radius 1 is 1.41 bits per heavy atom. The van der Waals surface area contributed by atoms with Gasteiger partial charge in [0.2, 0.25) is 0 Å². The lowest BCUT2D eigenvalue weighted by atomic mass is 10.2. The van der Waals surface area contributed by atoms with Crippen molar-refractivity contribution in [1.29, 1.82) is 0 Å². The van der Waals surface area contributed by atoms with Crippen LogP contribution in [0, 0.1) is 19.8 Å². The third-order valence-electron chi connectivity index (χ3n) is 3.07. The molecule has 1 aromatic rings. The fraction of sp³-hybridized carbons (Fsp3) is 0.500. The van der Waals surface area contributed by atoms with Crippen molar-refractivity contribution in [2.45, 2.75) is 36.8 Å². The number of hydrogen-bond donors (Lipinski definition) is 0. The monoisotopic (exact) mass is 250 g/mol. The lowest BCUT2D eigenvalue weighted by molar-refractivity contribution is -0.140. The standard InChI is InChI=1S/C14H18O2S/c1-9-4-7-12(10(2)8-9)17-13(11-5-6-11)14(15)16-3/h4,7-8,11,13H,5-6H2,1-3H3. The van der Waals surface area contributed by atoms with Crippen LogP contribution in [0.5, 0.6) is 0 Å². The van der Waals surface area contributed by atoms with Crippen LogP contribution in [0.25, 0.3) is 0 Å². The molecule has 0 aliphatic heterocycles. The van der Waals surface area contributed by atoms with Gasteiger partial charge in [0.15, 0.2) is 0 Å². The van der Waals surface area contributed by atoms with Crippen molar-refractivity contribution in [1.82, 2.24) is 0 Å². The SMILES string of the molecule is COC(=O)C(Sc1ccc(C)cc1C)C1CC1. The maximum atomic E-state index is 11.7. The third-order valence-corrected chi connectivity index (χ3v) is 4.61. The van der Waals surface area contributed by atoms with E-state index in [1.165, 1.54) is 23.1 Å². The summed E-state index contributed by atoms with van der Waals surface area (Å²) in [6.07, 6.45) is 2.30. The number of carbonyl (C=O) groups excluding carboxylic acids is 1. The summed E-state index contributed by atoms with van der Waals surface area (Å²) >= 11 is 1.65. The molecule has 1 unspecified atom stereocenters. The first-order valence-corrected chi connectivity index (χ1v) is 6.81. The van der Waals surface area contributed by atoms with Gasteiger partial charge in [0.1, 0.15) is 5.25 Å². The van der Waals surface area contributed by atoms with E-state index < -0.39 is 0 Å². The number of aryl methyl sites for hydroxylation is 2. The van der Waals surface area contributed by atoms with Gasteiger partial charge in [-0.3, -0.25) is 4.79 Å². The van der Waals surface area contributed by atoms with Crippen LogP contribution in [0.1, 0.15) is 24.0 Å².